The predicted molar refractivity (Wildman–Crippen MR) is 78.2 cm³/mol. The number of imidazole rings is 1. The van der Waals surface area contributed by atoms with E-state index in [1.54, 1.807) is 11.6 Å². The fraction of sp³-hybridized carbons (Fsp3) is 0.143. The highest BCUT2D eigenvalue weighted by molar-refractivity contribution is 6.04. The highest BCUT2D eigenvalue weighted by Gasteiger charge is 2.23. The fourth-order valence-corrected chi connectivity index (χ4v) is 2.55. The van der Waals surface area contributed by atoms with Gasteiger partial charge in [-0.1, -0.05) is 30.3 Å². The molecule has 0 amide bonds. The first-order valence-corrected chi connectivity index (χ1v) is 6.47. The highest BCUT2D eigenvalue weighted by Crippen LogP contribution is 2.25. The molecule has 3 aromatic rings. The standard InChI is InChI=1S/C14H11N5O2/c1-18-11-10(12(20)17-14(18)21)19-7-9(15-13(19)16-11)8-5-3-2-4-6-8/h2-6H,7H2,1H3,(H,17,20,21). The zero-order valence-corrected chi connectivity index (χ0v) is 11.2. The number of hydrogen-bond donors (Lipinski definition) is 1. The topological polar surface area (TPSA) is 85.0 Å². The second-order valence-electron chi connectivity index (χ2n) is 4.91. The van der Waals surface area contributed by atoms with Gasteiger partial charge in [0, 0.05) is 7.05 Å². The molecule has 4 rings (SSSR count). The number of benzene rings is 1. The van der Waals surface area contributed by atoms with Gasteiger partial charge in [-0.3, -0.25) is 18.9 Å². The maximum absolute atomic E-state index is 12.0. The van der Waals surface area contributed by atoms with Crippen molar-refractivity contribution in [1.82, 2.24) is 19.1 Å². The molecule has 104 valence electrons. The van der Waals surface area contributed by atoms with Crippen molar-refractivity contribution < 1.29 is 0 Å². The second-order valence-corrected chi connectivity index (χ2v) is 4.91. The van der Waals surface area contributed by atoms with E-state index < -0.39 is 11.2 Å². The largest absolute Gasteiger partial charge is 0.329 e. The Morgan fingerprint density at radius 1 is 1.19 bits per heavy atom. The summed E-state index contributed by atoms with van der Waals surface area (Å²) in [7, 11) is 1.57. The molecule has 0 fully saturated rings. The lowest BCUT2D eigenvalue weighted by molar-refractivity contribution is 0.827. The number of aromatic amines is 1. The predicted octanol–water partition coefficient (Wildman–Crippen LogP) is 0.558. The molecule has 0 saturated carbocycles. The third kappa shape index (κ3) is 1.60. The normalized spacial score (nSPS) is 13.5. The van der Waals surface area contributed by atoms with Gasteiger partial charge in [-0.05, 0) is 5.56 Å². The number of nitrogens with zero attached hydrogens (tertiary/aromatic N) is 4. The van der Waals surface area contributed by atoms with Crippen LogP contribution in [0.15, 0.2) is 44.9 Å². The van der Waals surface area contributed by atoms with Crippen molar-refractivity contribution in [3.8, 4) is 0 Å². The Balaban J connectivity index is 1.95. The van der Waals surface area contributed by atoms with Crippen LogP contribution in [0.2, 0.25) is 0 Å². The van der Waals surface area contributed by atoms with Crippen molar-refractivity contribution in [2.45, 2.75) is 6.54 Å². The number of aliphatic imine (C=N–C) groups is 1. The van der Waals surface area contributed by atoms with Gasteiger partial charge in [0.2, 0.25) is 5.95 Å². The molecule has 0 bridgehead atoms. The summed E-state index contributed by atoms with van der Waals surface area (Å²) in [4.78, 5) is 34.7. The molecule has 0 aliphatic carbocycles. The molecule has 0 spiro atoms. The van der Waals surface area contributed by atoms with Crippen molar-refractivity contribution in [2.75, 3.05) is 0 Å². The lowest BCUT2D eigenvalue weighted by Gasteiger charge is -2.02. The average molecular weight is 281 g/mol. The summed E-state index contributed by atoms with van der Waals surface area (Å²) in [5.41, 5.74) is 1.68. The Labute approximate surface area is 118 Å². The fourth-order valence-electron chi connectivity index (χ4n) is 2.55. The van der Waals surface area contributed by atoms with Gasteiger partial charge in [-0.15, -0.1) is 0 Å². The first-order chi connectivity index (χ1) is 10.1. The summed E-state index contributed by atoms with van der Waals surface area (Å²) in [5.74, 6) is 0.454. The molecule has 1 aliphatic heterocycles. The molecular weight excluding hydrogens is 270 g/mol. The lowest BCUT2D eigenvalue weighted by atomic mass is 10.1. The van der Waals surface area contributed by atoms with Gasteiger partial charge < -0.3 is 0 Å². The van der Waals surface area contributed by atoms with E-state index >= 15 is 0 Å². The highest BCUT2D eigenvalue weighted by atomic mass is 16.2. The maximum atomic E-state index is 12.0. The minimum atomic E-state index is -0.475. The Kier molecular flexibility index (Phi) is 2.26. The van der Waals surface area contributed by atoms with Crippen LogP contribution in [-0.4, -0.2) is 24.8 Å². The molecule has 7 heteroatoms. The third-order valence-corrected chi connectivity index (χ3v) is 3.64. The van der Waals surface area contributed by atoms with E-state index in [0.717, 1.165) is 11.3 Å². The quantitative estimate of drug-likeness (QED) is 0.707. The van der Waals surface area contributed by atoms with E-state index in [1.807, 2.05) is 30.3 Å². The molecule has 2 aromatic heterocycles. The minimum absolute atomic E-state index is 0.356. The number of nitrogens with one attached hydrogen (secondary N) is 1. The van der Waals surface area contributed by atoms with E-state index in [-0.39, 0.29) is 0 Å². The van der Waals surface area contributed by atoms with Crippen molar-refractivity contribution in [3.63, 3.8) is 0 Å². The molecule has 7 nitrogen and oxygen atoms in total. The minimum Gasteiger partial charge on any atom is -0.296 e. The Morgan fingerprint density at radius 3 is 2.71 bits per heavy atom. The molecule has 1 aliphatic rings. The third-order valence-electron chi connectivity index (χ3n) is 3.64. The van der Waals surface area contributed by atoms with Gasteiger partial charge in [0.1, 0.15) is 0 Å². The smallest absolute Gasteiger partial charge is 0.296 e. The molecule has 0 radical (unpaired) electrons. The van der Waals surface area contributed by atoms with Crippen molar-refractivity contribution in [3.05, 3.63) is 56.7 Å². The number of fused-ring (bicyclic) bond motifs is 3. The monoisotopic (exact) mass is 281 g/mol. The van der Waals surface area contributed by atoms with Crippen molar-refractivity contribution >= 4 is 22.8 Å². The zero-order valence-electron chi connectivity index (χ0n) is 11.2. The molecule has 0 atom stereocenters. The van der Waals surface area contributed by atoms with Gasteiger partial charge in [0.15, 0.2) is 11.2 Å². The Hall–Kier alpha value is -2.96. The van der Waals surface area contributed by atoms with Gasteiger partial charge in [0.25, 0.3) is 5.56 Å². The van der Waals surface area contributed by atoms with Crippen LogP contribution in [0.3, 0.4) is 0 Å². The summed E-state index contributed by atoms with van der Waals surface area (Å²) < 4.78 is 3.05. The van der Waals surface area contributed by atoms with E-state index in [4.69, 9.17) is 0 Å². The van der Waals surface area contributed by atoms with Gasteiger partial charge >= 0.3 is 5.69 Å². The number of hydrogen-bond acceptors (Lipinski definition) is 4. The van der Waals surface area contributed by atoms with E-state index in [0.29, 0.717) is 23.7 Å². The molecule has 0 unspecified atom stereocenters. The number of H-pyrrole nitrogens is 1. The second kappa shape index (κ2) is 4.02. The molecular formula is C14H11N5O2. The summed E-state index contributed by atoms with van der Waals surface area (Å²) in [5, 5.41) is 0. The molecule has 1 aromatic carbocycles. The molecule has 0 saturated heterocycles. The first kappa shape index (κ1) is 11.8. The number of aromatic nitrogens is 4. The zero-order chi connectivity index (χ0) is 14.6. The van der Waals surface area contributed by atoms with Crippen molar-refractivity contribution in [1.29, 1.82) is 0 Å². The van der Waals surface area contributed by atoms with Crippen LogP contribution in [0.25, 0.3) is 11.2 Å². The van der Waals surface area contributed by atoms with E-state index in [2.05, 4.69) is 15.0 Å². The SMILES string of the molecule is Cn1c(=O)[nH]c(=O)c2c1nc1n2CC(c2ccccc2)=N1. The van der Waals surface area contributed by atoms with Gasteiger partial charge in [-0.2, -0.15) is 4.98 Å². The molecule has 3 heterocycles. The molecule has 21 heavy (non-hydrogen) atoms. The summed E-state index contributed by atoms with van der Waals surface area (Å²) >= 11 is 0. The Morgan fingerprint density at radius 2 is 1.95 bits per heavy atom. The maximum Gasteiger partial charge on any atom is 0.329 e. The Bertz CT molecular complexity index is 1010. The summed E-state index contributed by atoms with van der Waals surface area (Å²) in [6.07, 6.45) is 0. The summed E-state index contributed by atoms with van der Waals surface area (Å²) in [6, 6.07) is 9.75. The van der Waals surface area contributed by atoms with Gasteiger partial charge in [0.05, 0.1) is 12.3 Å². The molecule has 1 N–H and O–H groups in total. The first-order valence-electron chi connectivity index (χ1n) is 6.47. The van der Waals surface area contributed by atoms with Crippen LogP contribution in [0.1, 0.15) is 5.56 Å². The van der Waals surface area contributed by atoms with Gasteiger partial charge in [-0.25, -0.2) is 9.79 Å². The number of rotatable bonds is 1. The van der Waals surface area contributed by atoms with E-state index in [1.165, 1.54) is 4.57 Å². The summed E-state index contributed by atoms with van der Waals surface area (Å²) in [6.45, 7) is 0.469. The van der Waals surface area contributed by atoms with Crippen molar-refractivity contribution in [2.24, 2.45) is 12.0 Å². The number of aryl methyl sites for hydroxylation is 1. The van der Waals surface area contributed by atoms with Crippen LogP contribution in [0.5, 0.6) is 0 Å². The van der Waals surface area contributed by atoms with Crippen LogP contribution in [0, 0.1) is 0 Å². The van der Waals surface area contributed by atoms with E-state index in [9.17, 15) is 9.59 Å². The van der Waals surface area contributed by atoms with Crippen LogP contribution in [-0.2, 0) is 13.6 Å². The average Bonchev–Trinajstić information content (AvgIpc) is 3.03. The lowest BCUT2D eigenvalue weighted by Crippen LogP contribution is -2.29. The van der Waals surface area contributed by atoms with Crippen LogP contribution >= 0.6 is 0 Å². The van der Waals surface area contributed by atoms with Crippen LogP contribution in [0.4, 0.5) is 5.95 Å². The van der Waals surface area contributed by atoms with Crippen LogP contribution < -0.4 is 11.2 Å².